The first kappa shape index (κ1) is 17.4. The van der Waals surface area contributed by atoms with E-state index in [9.17, 15) is 4.79 Å². The van der Waals surface area contributed by atoms with Gasteiger partial charge in [0.05, 0.1) is 6.61 Å². The van der Waals surface area contributed by atoms with E-state index < -0.39 is 5.54 Å². The van der Waals surface area contributed by atoms with Crippen molar-refractivity contribution >= 4 is 5.97 Å². The topological polar surface area (TPSA) is 55.6 Å². The highest BCUT2D eigenvalue weighted by atomic mass is 16.5. The lowest BCUT2D eigenvalue weighted by molar-refractivity contribution is -0.149. The van der Waals surface area contributed by atoms with Crippen molar-refractivity contribution in [1.82, 2.24) is 4.90 Å². The van der Waals surface area contributed by atoms with E-state index in [-0.39, 0.29) is 5.97 Å². The highest BCUT2D eigenvalue weighted by Gasteiger charge is 2.34. The van der Waals surface area contributed by atoms with E-state index in [4.69, 9.17) is 10.5 Å². The van der Waals surface area contributed by atoms with Crippen LogP contribution in [0.1, 0.15) is 60.3 Å². The van der Waals surface area contributed by atoms with Gasteiger partial charge in [0.2, 0.25) is 0 Å². The third-order valence-corrected chi connectivity index (χ3v) is 4.46. The third-order valence-electron chi connectivity index (χ3n) is 4.46. The second-order valence-corrected chi connectivity index (χ2v) is 7.24. The molecule has 20 heavy (non-hydrogen) atoms. The van der Waals surface area contributed by atoms with E-state index in [1.807, 2.05) is 6.92 Å². The van der Waals surface area contributed by atoms with Gasteiger partial charge in [-0.15, -0.1) is 0 Å². The maximum absolute atomic E-state index is 11.9. The minimum atomic E-state index is -0.892. The molecule has 0 saturated carbocycles. The molecular formula is C16H32N2O2. The van der Waals surface area contributed by atoms with Crippen LogP contribution in [0.2, 0.25) is 0 Å². The van der Waals surface area contributed by atoms with Gasteiger partial charge in [-0.25, -0.2) is 0 Å². The number of hydrogen-bond acceptors (Lipinski definition) is 4. The molecule has 0 aromatic heterocycles. The molecule has 0 amide bonds. The molecule has 0 bridgehead atoms. The summed E-state index contributed by atoms with van der Waals surface area (Å²) >= 11 is 0. The van der Waals surface area contributed by atoms with Crippen LogP contribution in [0.15, 0.2) is 0 Å². The normalized spacial score (nSPS) is 24.5. The van der Waals surface area contributed by atoms with Crippen molar-refractivity contribution in [3.63, 3.8) is 0 Å². The standard InChI is InChI=1S/C16H32N2O2/c1-6-20-14(19)16(5,17)12-13(2)18-10-7-8-15(3,4)9-11-18/h13H,6-12,17H2,1-5H3. The zero-order valence-electron chi connectivity index (χ0n) is 13.9. The Balaban J connectivity index is 2.57. The van der Waals surface area contributed by atoms with Gasteiger partial charge in [-0.3, -0.25) is 4.79 Å². The van der Waals surface area contributed by atoms with E-state index in [1.165, 1.54) is 19.3 Å². The molecule has 0 aromatic carbocycles. The predicted molar refractivity (Wildman–Crippen MR) is 82.5 cm³/mol. The van der Waals surface area contributed by atoms with Gasteiger partial charge in [0.1, 0.15) is 5.54 Å². The molecule has 1 fully saturated rings. The number of esters is 1. The van der Waals surface area contributed by atoms with Crippen LogP contribution in [0.4, 0.5) is 0 Å². The lowest BCUT2D eigenvalue weighted by Gasteiger charge is -2.33. The zero-order valence-corrected chi connectivity index (χ0v) is 13.9. The Labute approximate surface area is 124 Å². The van der Waals surface area contributed by atoms with Crippen LogP contribution in [-0.4, -0.2) is 42.1 Å². The summed E-state index contributed by atoms with van der Waals surface area (Å²) in [6, 6.07) is 0.309. The van der Waals surface area contributed by atoms with Crippen LogP contribution < -0.4 is 5.73 Å². The smallest absolute Gasteiger partial charge is 0.325 e. The number of rotatable bonds is 5. The second kappa shape index (κ2) is 6.90. The molecule has 4 heteroatoms. The molecule has 4 nitrogen and oxygen atoms in total. The SMILES string of the molecule is CCOC(=O)C(C)(N)CC(C)N1CCCC(C)(C)CC1. The van der Waals surface area contributed by atoms with Gasteiger partial charge in [-0.05, 0) is 65.0 Å². The van der Waals surface area contributed by atoms with Crippen LogP contribution >= 0.6 is 0 Å². The molecule has 1 rings (SSSR count). The number of nitrogens with two attached hydrogens (primary N) is 1. The van der Waals surface area contributed by atoms with Crippen molar-refractivity contribution in [3.8, 4) is 0 Å². The summed E-state index contributed by atoms with van der Waals surface area (Å²) in [4.78, 5) is 14.4. The fourth-order valence-electron chi connectivity index (χ4n) is 3.01. The lowest BCUT2D eigenvalue weighted by Crippen LogP contribution is -2.51. The molecule has 1 heterocycles. The molecule has 0 aliphatic carbocycles. The molecular weight excluding hydrogens is 252 g/mol. The molecule has 1 saturated heterocycles. The first-order chi connectivity index (χ1) is 9.18. The van der Waals surface area contributed by atoms with Crippen molar-refractivity contribution in [1.29, 1.82) is 0 Å². The first-order valence-corrected chi connectivity index (χ1v) is 7.88. The number of ether oxygens (including phenoxy) is 1. The minimum Gasteiger partial charge on any atom is -0.465 e. The Bertz CT molecular complexity index is 326. The van der Waals surface area contributed by atoms with Crippen molar-refractivity contribution < 1.29 is 9.53 Å². The minimum absolute atomic E-state index is 0.290. The van der Waals surface area contributed by atoms with Crippen molar-refractivity contribution in [2.45, 2.75) is 71.9 Å². The summed E-state index contributed by atoms with van der Waals surface area (Å²) in [5.41, 5.74) is 5.69. The van der Waals surface area contributed by atoms with Gasteiger partial charge in [-0.2, -0.15) is 0 Å². The average Bonchev–Trinajstić information content (AvgIpc) is 2.50. The molecule has 0 spiro atoms. The van der Waals surface area contributed by atoms with Crippen molar-refractivity contribution in [3.05, 3.63) is 0 Å². The molecule has 0 aromatic rings. The molecule has 0 radical (unpaired) electrons. The Morgan fingerprint density at radius 1 is 1.40 bits per heavy atom. The maximum Gasteiger partial charge on any atom is 0.325 e. The third kappa shape index (κ3) is 5.06. The summed E-state index contributed by atoms with van der Waals surface area (Å²) in [7, 11) is 0. The van der Waals surface area contributed by atoms with E-state index >= 15 is 0 Å². The quantitative estimate of drug-likeness (QED) is 0.788. The van der Waals surface area contributed by atoms with Crippen molar-refractivity contribution in [2.24, 2.45) is 11.1 Å². The second-order valence-electron chi connectivity index (χ2n) is 7.24. The Hall–Kier alpha value is -0.610. The fraction of sp³-hybridized carbons (Fsp3) is 0.938. The highest BCUT2D eigenvalue weighted by Crippen LogP contribution is 2.31. The van der Waals surface area contributed by atoms with Gasteiger partial charge >= 0.3 is 5.97 Å². The fourth-order valence-corrected chi connectivity index (χ4v) is 3.01. The summed E-state index contributed by atoms with van der Waals surface area (Å²) in [6.07, 6.45) is 4.34. The maximum atomic E-state index is 11.9. The largest absolute Gasteiger partial charge is 0.465 e. The molecule has 2 unspecified atom stereocenters. The van der Waals surface area contributed by atoms with Crippen LogP contribution in [0.5, 0.6) is 0 Å². The lowest BCUT2D eigenvalue weighted by atomic mass is 9.85. The van der Waals surface area contributed by atoms with Crippen molar-refractivity contribution in [2.75, 3.05) is 19.7 Å². The van der Waals surface area contributed by atoms with Gasteiger partial charge in [0, 0.05) is 6.04 Å². The molecule has 1 aliphatic rings. The van der Waals surface area contributed by atoms with Gasteiger partial charge in [-0.1, -0.05) is 13.8 Å². The zero-order chi connectivity index (χ0) is 15.4. The summed E-state index contributed by atoms with van der Waals surface area (Å²) in [6.45, 7) is 13.0. The van der Waals surface area contributed by atoms with Gasteiger partial charge in [0.15, 0.2) is 0 Å². The average molecular weight is 284 g/mol. The molecule has 1 aliphatic heterocycles. The van der Waals surface area contributed by atoms with Gasteiger partial charge in [0.25, 0.3) is 0 Å². The number of carbonyl (C=O) groups is 1. The number of hydrogen-bond donors (Lipinski definition) is 1. The Morgan fingerprint density at radius 3 is 2.65 bits per heavy atom. The molecule has 118 valence electrons. The van der Waals surface area contributed by atoms with Crippen LogP contribution in [0.25, 0.3) is 0 Å². The number of nitrogens with zero attached hydrogens (tertiary/aromatic N) is 1. The summed E-state index contributed by atoms with van der Waals surface area (Å²) in [5, 5.41) is 0. The van der Waals surface area contributed by atoms with E-state index in [0.717, 1.165) is 13.1 Å². The van der Waals surface area contributed by atoms with Gasteiger partial charge < -0.3 is 15.4 Å². The Morgan fingerprint density at radius 2 is 2.05 bits per heavy atom. The number of likely N-dealkylation sites (tertiary alicyclic amines) is 1. The highest BCUT2D eigenvalue weighted by molar-refractivity contribution is 5.80. The van der Waals surface area contributed by atoms with Crippen LogP contribution in [0, 0.1) is 5.41 Å². The summed E-state index contributed by atoms with van der Waals surface area (Å²) < 4.78 is 5.07. The predicted octanol–water partition coefficient (Wildman–Crippen LogP) is 2.56. The molecule has 2 atom stereocenters. The number of carbonyl (C=O) groups excluding carboxylic acids is 1. The summed E-state index contributed by atoms with van der Waals surface area (Å²) in [5.74, 6) is -0.290. The van der Waals surface area contributed by atoms with E-state index in [0.29, 0.717) is 24.5 Å². The Kier molecular flexibility index (Phi) is 6.02. The monoisotopic (exact) mass is 284 g/mol. The molecule has 2 N–H and O–H groups in total. The van der Waals surface area contributed by atoms with Crippen LogP contribution in [-0.2, 0) is 9.53 Å². The van der Waals surface area contributed by atoms with E-state index in [1.54, 1.807) is 6.92 Å². The first-order valence-electron chi connectivity index (χ1n) is 7.88. The van der Waals surface area contributed by atoms with E-state index in [2.05, 4.69) is 25.7 Å². The van der Waals surface area contributed by atoms with Crippen LogP contribution in [0.3, 0.4) is 0 Å².